The van der Waals surface area contributed by atoms with E-state index in [1.165, 1.54) is 6.92 Å². The smallest absolute Gasteiger partial charge is 0.216 e. The molecule has 0 aromatic rings. The van der Waals surface area contributed by atoms with E-state index in [9.17, 15) is 4.79 Å². The summed E-state index contributed by atoms with van der Waals surface area (Å²) in [7, 11) is 0. The number of hydrogen-bond acceptors (Lipinski definition) is 2. The molecule has 1 amide bonds. The molecule has 0 spiro atoms. The Labute approximate surface area is 49.7 Å². The van der Waals surface area contributed by atoms with Gasteiger partial charge in [-0.1, -0.05) is 7.43 Å². The molecule has 0 radical (unpaired) electrons. The molecule has 3 nitrogen and oxygen atoms in total. The Hall–Kier alpha value is -0.570. The predicted octanol–water partition coefficient (Wildman–Crippen LogP) is -0.249. The van der Waals surface area contributed by atoms with Crippen LogP contribution in [-0.4, -0.2) is 24.2 Å². The summed E-state index contributed by atoms with van der Waals surface area (Å²) in [6, 6.07) is 0. The van der Waals surface area contributed by atoms with E-state index in [1.807, 2.05) is 0 Å². The highest BCUT2D eigenvalue weighted by Gasteiger charge is 1.83. The number of carbonyl (C=O) groups excluding carboxylic acids is 1. The molecule has 0 saturated carbocycles. The molecular weight excluding hydrogens is 106 g/mol. The van der Waals surface area contributed by atoms with Crippen LogP contribution in [0, 0.1) is 0 Å². The van der Waals surface area contributed by atoms with Crippen LogP contribution in [0.1, 0.15) is 14.4 Å². The Morgan fingerprint density at radius 1 is 1.75 bits per heavy atom. The van der Waals surface area contributed by atoms with E-state index in [1.54, 1.807) is 0 Å². The minimum absolute atomic E-state index is 0. The van der Waals surface area contributed by atoms with Gasteiger partial charge in [-0.25, -0.2) is 0 Å². The summed E-state index contributed by atoms with van der Waals surface area (Å²) in [4.78, 5) is 9.98. The van der Waals surface area contributed by atoms with Crippen LogP contribution < -0.4 is 5.32 Å². The van der Waals surface area contributed by atoms with Crippen molar-refractivity contribution in [3.63, 3.8) is 0 Å². The number of rotatable bonds is 2. The van der Waals surface area contributed by atoms with Gasteiger partial charge in [0.1, 0.15) is 0 Å². The molecule has 0 aliphatic rings. The van der Waals surface area contributed by atoms with Crippen molar-refractivity contribution >= 4 is 5.91 Å². The van der Waals surface area contributed by atoms with E-state index >= 15 is 0 Å². The van der Waals surface area contributed by atoms with Gasteiger partial charge in [-0.05, 0) is 0 Å². The zero-order chi connectivity index (χ0) is 5.70. The molecule has 0 aliphatic heterocycles. The topological polar surface area (TPSA) is 49.3 Å². The van der Waals surface area contributed by atoms with Crippen LogP contribution in [0.2, 0.25) is 0 Å². The molecule has 8 heavy (non-hydrogen) atoms. The van der Waals surface area contributed by atoms with Crippen LogP contribution in [0.3, 0.4) is 0 Å². The fourth-order valence-corrected chi connectivity index (χ4v) is 0.232. The third-order valence-corrected chi connectivity index (χ3v) is 0.486. The van der Waals surface area contributed by atoms with Gasteiger partial charge in [0.15, 0.2) is 0 Å². The quantitative estimate of drug-likeness (QED) is 0.526. The maximum Gasteiger partial charge on any atom is 0.216 e. The minimum atomic E-state index is -0.103. The Morgan fingerprint density at radius 3 is 2.38 bits per heavy atom. The van der Waals surface area contributed by atoms with Gasteiger partial charge in [0.05, 0.1) is 6.61 Å². The summed E-state index contributed by atoms with van der Waals surface area (Å²) in [5, 5.41) is 10.5. The monoisotopic (exact) mass is 119 g/mol. The van der Waals surface area contributed by atoms with E-state index in [2.05, 4.69) is 5.32 Å². The van der Waals surface area contributed by atoms with E-state index in [4.69, 9.17) is 5.11 Å². The molecule has 0 bridgehead atoms. The molecule has 0 rings (SSSR count). The van der Waals surface area contributed by atoms with Gasteiger partial charge >= 0.3 is 0 Å². The molecule has 0 aromatic carbocycles. The van der Waals surface area contributed by atoms with Crippen LogP contribution >= 0.6 is 0 Å². The largest absolute Gasteiger partial charge is 0.395 e. The Morgan fingerprint density at radius 2 is 2.25 bits per heavy atom. The lowest BCUT2D eigenvalue weighted by Crippen LogP contribution is -2.22. The molecule has 2 N–H and O–H groups in total. The highest BCUT2D eigenvalue weighted by molar-refractivity contribution is 5.72. The number of amides is 1. The van der Waals surface area contributed by atoms with Crippen LogP contribution in [0.15, 0.2) is 0 Å². The molecule has 0 aliphatic carbocycles. The van der Waals surface area contributed by atoms with Gasteiger partial charge in [0, 0.05) is 13.5 Å². The molecule has 0 saturated heterocycles. The van der Waals surface area contributed by atoms with Gasteiger partial charge in [-0.2, -0.15) is 0 Å². The fraction of sp³-hybridized carbons (Fsp3) is 0.800. The van der Waals surface area contributed by atoms with Crippen molar-refractivity contribution in [2.45, 2.75) is 14.4 Å². The lowest BCUT2D eigenvalue weighted by Gasteiger charge is -1.93. The number of aliphatic hydroxyl groups is 1. The highest BCUT2D eigenvalue weighted by atomic mass is 16.3. The molecule has 0 fully saturated rings. The molecule has 0 aromatic heterocycles. The summed E-state index contributed by atoms with van der Waals surface area (Å²) in [6.07, 6.45) is 0. The molecule has 50 valence electrons. The second kappa shape index (κ2) is 6.43. The predicted molar refractivity (Wildman–Crippen MR) is 32.5 cm³/mol. The molecule has 3 heteroatoms. The minimum Gasteiger partial charge on any atom is -0.395 e. The van der Waals surface area contributed by atoms with Crippen molar-refractivity contribution in [3.8, 4) is 0 Å². The summed E-state index contributed by atoms with van der Waals surface area (Å²) >= 11 is 0. The normalized spacial score (nSPS) is 7.25. The van der Waals surface area contributed by atoms with Gasteiger partial charge in [-0.15, -0.1) is 0 Å². The van der Waals surface area contributed by atoms with Gasteiger partial charge in [-0.3, -0.25) is 4.79 Å². The van der Waals surface area contributed by atoms with Crippen molar-refractivity contribution in [1.29, 1.82) is 0 Å². The Kier molecular flexibility index (Phi) is 8.37. The Bertz CT molecular complexity index is 63.4. The average Bonchev–Trinajstić information content (AvgIpc) is 1.61. The molecular formula is C5H13NO2. The summed E-state index contributed by atoms with van der Waals surface area (Å²) < 4.78 is 0. The maximum absolute atomic E-state index is 9.98. The lowest BCUT2D eigenvalue weighted by molar-refractivity contribution is -0.119. The SMILES string of the molecule is C.CC(=O)NCCO. The summed E-state index contributed by atoms with van der Waals surface area (Å²) in [5.41, 5.74) is 0. The number of carbonyl (C=O) groups is 1. The molecule has 0 unspecified atom stereocenters. The van der Waals surface area contributed by atoms with E-state index in [-0.39, 0.29) is 19.9 Å². The van der Waals surface area contributed by atoms with Gasteiger partial charge < -0.3 is 10.4 Å². The zero-order valence-electron chi connectivity index (χ0n) is 4.27. The van der Waals surface area contributed by atoms with Crippen LogP contribution in [-0.2, 0) is 4.79 Å². The van der Waals surface area contributed by atoms with Gasteiger partial charge in [0.25, 0.3) is 0 Å². The first kappa shape index (κ1) is 10.4. The van der Waals surface area contributed by atoms with Crippen molar-refractivity contribution in [1.82, 2.24) is 5.32 Å². The van der Waals surface area contributed by atoms with E-state index in [0.717, 1.165) is 0 Å². The number of nitrogens with one attached hydrogen (secondary N) is 1. The maximum atomic E-state index is 9.98. The number of aliphatic hydroxyl groups excluding tert-OH is 1. The average molecular weight is 119 g/mol. The molecule has 0 atom stereocenters. The first-order valence-corrected chi connectivity index (χ1v) is 2.12. The first-order valence-electron chi connectivity index (χ1n) is 2.12. The lowest BCUT2D eigenvalue weighted by atomic mass is 10.6. The number of hydrogen-bond donors (Lipinski definition) is 2. The van der Waals surface area contributed by atoms with Crippen molar-refractivity contribution < 1.29 is 9.90 Å². The first-order chi connectivity index (χ1) is 3.27. The second-order valence-corrected chi connectivity index (χ2v) is 1.21. The van der Waals surface area contributed by atoms with Gasteiger partial charge in [0.2, 0.25) is 5.91 Å². The summed E-state index contributed by atoms with van der Waals surface area (Å²) in [6.45, 7) is 1.78. The van der Waals surface area contributed by atoms with E-state index in [0.29, 0.717) is 6.54 Å². The van der Waals surface area contributed by atoms with Crippen LogP contribution in [0.4, 0.5) is 0 Å². The highest BCUT2D eigenvalue weighted by Crippen LogP contribution is 1.56. The second-order valence-electron chi connectivity index (χ2n) is 1.21. The third kappa shape index (κ3) is 9.06. The standard InChI is InChI=1S/C4H9NO2.CH4/c1-4(7)5-2-3-6;/h6H,2-3H2,1H3,(H,5,7);1H4. The van der Waals surface area contributed by atoms with Crippen molar-refractivity contribution in [2.24, 2.45) is 0 Å². The van der Waals surface area contributed by atoms with Crippen molar-refractivity contribution in [3.05, 3.63) is 0 Å². The molecule has 0 heterocycles. The third-order valence-electron chi connectivity index (χ3n) is 0.486. The van der Waals surface area contributed by atoms with Crippen LogP contribution in [0.5, 0.6) is 0 Å². The fourth-order valence-electron chi connectivity index (χ4n) is 0.232. The zero-order valence-corrected chi connectivity index (χ0v) is 4.27. The van der Waals surface area contributed by atoms with E-state index < -0.39 is 0 Å². The Balaban J connectivity index is 0. The van der Waals surface area contributed by atoms with Crippen LogP contribution in [0.25, 0.3) is 0 Å². The summed E-state index contributed by atoms with van der Waals surface area (Å²) in [5.74, 6) is -0.103. The van der Waals surface area contributed by atoms with Crippen molar-refractivity contribution in [2.75, 3.05) is 13.2 Å².